The molecule has 3 rings (SSSR count). The SMILES string of the molecule is Cc1ccc(NC(=O)N2CCNCC2COc2cccnc2)cc1F. The molecule has 0 spiro atoms. The molecule has 2 aromatic rings. The van der Waals surface area contributed by atoms with E-state index in [0.717, 1.165) is 0 Å². The summed E-state index contributed by atoms with van der Waals surface area (Å²) in [4.78, 5) is 18.3. The quantitative estimate of drug-likeness (QED) is 0.894. The van der Waals surface area contributed by atoms with E-state index in [1.807, 2.05) is 6.07 Å². The van der Waals surface area contributed by atoms with Gasteiger partial charge in [0.25, 0.3) is 0 Å². The van der Waals surface area contributed by atoms with Crippen LogP contribution < -0.4 is 15.4 Å². The Labute approximate surface area is 146 Å². The van der Waals surface area contributed by atoms with Gasteiger partial charge in [-0.25, -0.2) is 9.18 Å². The zero-order chi connectivity index (χ0) is 17.6. The summed E-state index contributed by atoms with van der Waals surface area (Å²) < 4.78 is 19.4. The second-order valence-electron chi connectivity index (χ2n) is 5.95. The van der Waals surface area contributed by atoms with Crippen LogP contribution in [0.5, 0.6) is 5.75 Å². The van der Waals surface area contributed by atoms with E-state index in [9.17, 15) is 9.18 Å². The van der Waals surface area contributed by atoms with Crippen molar-refractivity contribution < 1.29 is 13.9 Å². The van der Waals surface area contributed by atoms with Gasteiger partial charge in [0.1, 0.15) is 18.2 Å². The monoisotopic (exact) mass is 344 g/mol. The summed E-state index contributed by atoms with van der Waals surface area (Å²) in [5.41, 5.74) is 0.987. The number of amides is 2. The molecule has 2 heterocycles. The number of nitrogens with zero attached hydrogens (tertiary/aromatic N) is 2. The Morgan fingerprint density at radius 2 is 2.36 bits per heavy atom. The molecular weight excluding hydrogens is 323 g/mol. The Hall–Kier alpha value is -2.67. The van der Waals surface area contributed by atoms with Gasteiger partial charge in [-0.1, -0.05) is 6.07 Å². The molecule has 7 heteroatoms. The summed E-state index contributed by atoms with van der Waals surface area (Å²) in [6.45, 7) is 3.94. The number of benzene rings is 1. The van der Waals surface area contributed by atoms with Crippen molar-refractivity contribution in [2.75, 3.05) is 31.6 Å². The fraction of sp³-hybridized carbons (Fsp3) is 0.333. The number of urea groups is 1. The Kier molecular flexibility index (Phi) is 5.45. The van der Waals surface area contributed by atoms with Crippen LogP contribution in [0.25, 0.3) is 0 Å². The first kappa shape index (κ1) is 17.2. The third-order valence-electron chi connectivity index (χ3n) is 4.11. The van der Waals surface area contributed by atoms with Gasteiger partial charge in [-0.05, 0) is 36.8 Å². The molecule has 2 amide bonds. The first-order valence-corrected chi connectivity index (χ1v) is 8.21. The largest absolute Gasteiger partial charge is 0.490 e. The smallest absolute Gasteiger partial charge is 0.322 e. The Morgan fingerprint density at radius 3 is 3.12 bits per heavy atom. The predicted molar refractivity (Wildman–Crippen MR) is 93.3 cm³/mol. The Balaban J connectivity index is 1.63. The normalized spacial score (nSPS) is 17.2. The maximum Gasteiger partial charge on any atom is 0.322 e. The van der Waals surface area contributed by atoms with Crippen LogP contribution in [-0.4, -0.2) is 48.2 Å². The number of nitrogens with one attached hydrogen (secondary N) is 2. The van der Waals surface area contributed by atoms with Crippen LogP contribution in [0.15, 0.2) is 42.7 Å². The van der Waals surface area contributed by atoms with Gasteiger partial charge in [-0.3, -0.25) is 4.98 Å². The van der Waals surface area contributed by atoms with Gasteiger partial charge >= 0.3 is 6.03 Å². The number of rotatable bonds is 4. The summed E-state index contributed by atoms with van der Waals surface area (Å²) >= 11 is 0. The molecule has 132 valence electrons. The van der Waals surface area contributed by atoms with E-state index in [2.05, 4.69) is 15.6 Å². The minimum Gasteiger partial charge on any atom is -0.490 e. The molecule has 1 atom stereocenters. The maximum absolute atomic E-state index is 13.7. The first-order chi connectivity index (χ1) is 12.1. The molecule has 1 saturated heterocycles. The molecule has 25 heavy (non-hydrogen) atoms. The van der Waals surface area contributed by atoms with E-state index in [1.54, 1.807) is 42.4 Å². The van der Waals surface area contributed by atoms with Crippen LogP contribution >= 0.6 is 0 Å². The molecule has 0 radical (unpaired) electrons. The molecule has 2 N–H and O–H groups in total. The summed E-state index contributed by atoms with van der Waals surface area (Å²) in [5.74, 6) is 0.323. The molecule has 6 nitrogen and oxygen atoms in total. The average Bonchev–Trinajstić information content (AvgIpc) is 2.64. The highest BCUT2D eigenvalue weighted by atomic mass is 19.1. The van der Waals surface area contributed by atoms with Crippen LogP contribution in [-0.2, 0) is 0 Å². The van der Waals surface area contributed by atoms with Crippen molar-refractivity contribution in [1.82, 2.24) is 15.2 Å². The predicted octanol–water partition coefficient (Wildman–Crippen LogP) is 2.41. The fourth-order valence-corrected chi connectivity index (χ4v) is 2.67. The lowest BCUT2D eigenvalue weighted by Gasteiger charge is -2.35. The average molecular weight is 344 g/mol. The van der Waals surface area contributed by atoms with Crippen molar-refractivity contribution in [3.05, 3.63) is 54.1 Å². The highest BCUT2D eigenvalue weighted by Gasteiger charge is 2.27. The number of carbonyl (C=O) groups excluding carboxylic acids is 1. The topological polar surface area (TPSA) is 66.5 Å². The minimum absolute atomic E-state index is 0.121. The van der Waals surface area contributed by atoms with Crippen molar-refractivity contribution in [3.8, 4) is 5.75 Å². The molecule has 0 bridgehead atoms. The van der Waals surface area contributed by atoms with E-state index in [1.165, 1.54) is 6.07 Å². The number of aryl methyl sites for hydroxylation is 1. The van der Waals surface area contributed by atoms with E-state index in [4.69, 9.17) is 4.74 Å². The number of halogens is 1. The number of pyridine rings is 1. The van der Waals surface area contributed by atoms with E-state index >= 15 is 0 Å². The number of aromatic nitrogens is 1. The molecule has 1 aromatic carbocycles. The highest BCUT2D eigenvalue weighted by molar-refractivity contribution is 5.89. The lowest BCUT2D eigenvalue weighted by Crippen LogP contribution is -2.57. The van der Waals surface area contributed by atoms with E-state index in [-0.39, 0.29) is 17.9 Å². The van der Waals surface area contributed by atoms with Crippen LogP contribution in [0.2, 0.25) is 0 Å². The van der Waals surface area contributed by atoms with Crippen molar-refractivity contribution in [1.29, 1.82) is 0 Å². The number of ether oxygens (including phenoxy) is 1. The van der Waals surface area contributed by atoms with Gasteiger partial charge in [0.05, 0.1) is 12.2 Å². The van der Waals surface area contributed by atoms with Gasteiger partial charge in [-0.15, -0.1) is 0 Å². The first-order valence-electron chi connectivity index (χ1n) is 8.21. The van der Waals surface area contributed by atoms with Crippen LogP contribution in [0.3, 0.4) is 0 Å². The van der Waals surface area contributed by atoms with Crippen LogP contribution in [0.1, 0.15) is 5.56 Å². The number of hydrogen-bond acceptors (Lipinski definition) is 4. The molecular formula is C18H21FN4O2. The molecule has 0 aliphatic carbocycles. The molecule has 1 unspecified atom stereocenters. The molecule has 1 aliphatic rings. The van der Waals surface area contributed by atoms with Gasteiger partial charge in [0, 0.05) is 31.5 Å². The standard InChI is InChI=1S/C18H21FN4O2/c1-13-4-5-14(9-17(13)19)22-18(24)23-8-7-21-10-15(23)12-25-16-3-2-6-20-11-16/h2-6,9,11,15,21H,7-8,10,12H2,1H3,(H,22,24). The third-order valence-corrected chi connectivity index (χ3v) is 4.11. The van der Waals surface area contributed by atoms with E-state index < -0.39 is 0 Å². The van der Waals surface area contributed by atoms with Gasteiger partial charge in [0.15, 0.2) is 0 Å². The van der Waals surface area contributed by atoms with Crippen LogP contribution in [0, 0.1) is 12.7 Å². The third kappa shape index (κ3) is 4.45. The second-order valence-corrected chi connectivity index (χ2v) is 5.95. The number of hydrogen-bond donors (Lipinski definition) is 2. The van der Waals surface area contributed by atoms with Gasteiger partial charge in [0.2, 0.25) is 0 Å². The summed E-state index contributed by atoms with van der Waals surface area (Å²) in [6.07, 6.45) is 3.31. The number of anilines is 1. The van der Waals surface area contributed by atoms with E-state index in [0.29, 0.717) is 43.2 Å². The van der Waals surface area contributed by atoms with Crippen molar-refractivity contribution >= 4 is 11.7 Å². The number of piperazine rings is 1. The lowest BCUT2D eigenvalue weighted by molar-refractivity contribution is 0.133. The zero-order valence-electron chi connectivity index (χ0n) is 14.0. The highest BCUT2D eigenvalue weighted by Crippen LogP contribution is 2.16. The van der Waals surface area contributed by atoms with Crippen molar-refractivity contribution in [2.45, 2.75) is 13.0 Å². The Bertz CT molecular complexity index is 726. The van der Waals surface area contributed by atoms with Gasteiger partial charge in [-0.2, -0.15) is 0 Å². The second kappa shape index (κ2) is 7.94. The summed E-state index contributed by atoms with van der Waals surface area (Å²) in [7, 11) is 0. The van der Waals surface area contributed by atoms with Gasteiger partial charge < -0.3 is 20.3 Å². The minimum atomic E-state index is -0.338. The molecule has 1 aliphatic heterocycles. The lowest BCUT2D eigenvalue weighted by atomic mass is 10.2. The van der Waals surface area contributed by atoms with Crippen LogP contribution in [0.4, 0.5) is 14.9 Å². The van der Waals surface area contributed by atoms with Crippen molar-refractivity contribution in [3.63, 3.8) is 0 Å². The summed E-state index contributed by atoms with van der Waals surface area (Å²) in [5, 5.41) is 6.02. The molecule has 0 saturated carbocycles. The maximum atomic E-state index is 13.7. The Morgan fingerprint density at radius 1 is 1.48 bits per heavy atom. The fourth-order valence-electron chi connectivity index (χ4n) is 2.67. The van der Waals surface area contributed by atoms with Crippen molar-refractivity contribution in [2.24, 2.45) is 0 Å². The molecule has 1 aromatic heterocycles. The summed E-state index contributed by atoms with van der Waals surface area (Å²) in [6, 6.07) is 7.91. The molecule has 1 fully saturated rings. The zero-order valence-corrected chi connectivity index (χ0v) is 14.0. The number of carbonyl (C=O) groups is 1.